The third kappa shape index (κ3) is 3.88. The van der Waals surface area contributed by atoms with E-state index in [1.807, 2.05) is 11.0 Å². The molecule has 1 N–H and O–H groups in total. The summed E-state index contributed by atoms with van der Waals surface area (Å²) in [7, 11) is 1.63. The van der Waals surface area contributed by atoms with E-state index < -0.39 is 0 Å². The average Bonchev–Trinajstić information content (AvgIpc) is 2.47. The van der Waals surface area contributed by atoms with Crippen molar-refractivity contribution >= 4 is 11.7 Å². The van der Waals surface area contributed by atoms with Crippen LogP contribution in [0.25, 0.3) is 0 Å². The Morgan fingerprint density at radius 1 is 1.24 bits per heavy atom. The first-order chi connectivity index (χ1) is 10.1. The van der Waals surface area contributed by atoms with E-state index in [0.29, 0.717) is 25.2 Å². The number of piperazine rings is 1. The molecule has 5 heteroatoms. The van der Waals surface area contributed by atoms with Gasteiger partial charge in [0.15, 0.2) is 0 Å². The first kappa shape index (κ1) is 15.6. The molecule has 21 heavy (non-hydrogen) atoms. The second-order valence-electron chi connectivity index (χ2n) is 5.57. The summed E-state index contributed by atoms with van der Waals surface area (Å²) in [6.07, 6.45) is 0. The van der Waals surface area contributed by atoms with Gasteiger partial charge in [0.1, 0.15) is 0 Å². The molecule has 1 aliphatic rings. The Hall–Kier alpha value is -1.75. The number of amides is 2. The lowest BCUT2D eigenvalue weighted by Gasteiger charge is -2.45. The fourth-order valence-corrected chi connectivity index (χ4v) is 2.97. The number of para-hydroxylation sites is 1. The van der Waals surface area contributed by atoms with Crippen molar-refractivity contribution in [3.05, 3.63) is 30.3 Å². The molecular formula is C16H25N3O2. The molecule has 1 saturated heterocycles. The molecule has 2 amide bonds. The Morgan fingerprint density at radius 3 is 2.43 bits per heavy atom. The van der Waals surface area contributed by atoms with Crippen LogP contribution in [0, 0.1) is 0 Å². The van der Waals surface area contributed by atoms with E-state index in [0.717, 1.165) is 13.1 Å². The molecule has 0 saturated carbocycles. The van der Waals surface area contributed by atoms with E-state index in [1.54, 1.807) is 7.11 Å². The van der Waals surface area contributed by atoms with Crippen LogP contribution in [0.5, 0.6) is 0 Å². The number of anilines is 1. The van der Waals surface area contributed by atoms with Crippen molar-refractivity contribution in [2.45, 2.75) is 25.9 Å². The predicted molar refractivity (Wildman–Crippen MR) is 84.7 cm³/mol. The van der Waals surface area contributed by atoms with Crippen molar-refractivity contribution in [1.29, 1.82) is 0 Å². The van der Waals surface area contributed by atoms with E-state index in [2.05, 4.69) is 48.3 Å². The number of rotatable bonds is 4. The molecule has 1 heterocycles. The van der Waals surface area contributed by atoms with E-state index in [-0.39, 0.29) is 6.03 Å². The Morgan fingerprint density at radius 2 is 1.86 bits per heavy atom. The predicted octanol–water partition coefficient (Wildman–Crippen LogP) is 1.94. The topological polar surface area (TPSA) is 44.8 Å². The monoisotopic (exact) mass is 291 g/mol. The number of nitrogens with one attached hydrogen (secondary N) is 1. The zero-order valence-corrected chi connectivity index (χ0v) is 13.1. The summed E-state index contributed by atoms with van der Waals surface area (Å²) in [5.41, 5.74) is 1.22. The Bertz CT molecular complexity index is 440. The van der Waals surface area contributed by atoms with Crippen molar-refractivity contribution in [3.8, 4) is 0 Å². The molecule has 0 radical (unpaired) electrons. The van der Waals surface area contributed by atoms with Gasteiger partial charge in [-0.25, -0.2) is 4.79 Å². The lowest BCUT2D eigenvalue weighted by molar-refractivity contribution is 0.166. The van der Waals surface area contributed by atoms with Gasteiger partial charge >= 0.3 is 6.03 Å². The standard InChI is InChI=1S/C16H25N3O2/c1-13-11-18(16(20)17-9-10-21-3)12-14(2)19(13)15-7-5-4-6-8-15/h4-8,13-14H,9-12H2,1-3H3,(H,17,20). The van der Waals surface area contributed by atoms with Gasteiger partial charge < -0.3 is 19.9 Å². The minimum atomic E-state index is -0.00142. The fourth-order valence-electron chi connectivity index (χ4n) is 2.97. The van der Waals surface area contributed by atoms with E-state index >= 15 is 0 Å². The van der Waals surface area contributed by atoms with Crippen LogP contribution in [-0.4, -0.2) is 56.4 Å². The van der Waals surface area contributed by atoms with Crippen LogP contribution in [0.4, 0.5) is 10.5 Å². The van der Waals surface area contributed by atoms with Crippen molar-refractivity contribution in [3.63, 3.8) is 0 Å². The van der Waals surface area contributed by atoms with Crippen LogP contribution in [0.2, 0.25) is 0 Å². The zero-order chi connectivity index (χ0) is 15.2. The third-order valence-corrected chi connectivity index (χ3v) is 3.84. The first-order valence-electron chi connectivity index (χ1n) is 7.48. The van der Waals surface area contributed by atoms with Gasteiger partial charge in [-0.2, -0.15) is 0 Å². The summed E-state index contributed by atoms with van der Waals surface area (Å²) < 4.78 is 4.96. The highest BCUT2D eigenvalue weighted by atomic mass is 16.5. The van der Waals surface area contributed by atoms with E-state index in [1.165, 1.54) is 5.69 Å². The number of benzene rings is 1. The van der Waals surface area contributed by atoms with Crippen LogP contribution in [0.3, 0.4) is 0 Å². The second-order valence-corrected chi connectivity index (χ2v) is 5.57. The van der Waals surface area contributed by atoms with Crippen molar-refractivity contribution in [1.82, 2.24) is 10.2 Å². The van der Waals surface area contributed by atoms with Crippen LogP contribution in [-0.2, 0) is 4.74 Å². The number of nitrogens with zero attached hydrogens (tertiary/aromatic N) is 2. The van der Waals surface area contributed by atoms with Gasteiger partial charge in [0.2, 0.25) is 0 Å². The molecule has 2 unspecified atom stereocenters. The molecule has 0 spiro atoms. The lowest BCUT2D eigenvalue weighted by atomic mass is 10.1. The molecule has 2 atom stereocenters. The highest BCUT2D eigenvalue weighted by Gasteiger charge is 2.31. The van der Waals surface area contributed by atoms with Crippen LogP contribution in [0.15, 0.2) is 30.3 Å². The molecule has 116 valence electrons. The number of urea groups is 1. The lowest BCUT2D eigenvalue weighted by Crippen LogP contribution is -2.60. The van der Waals surface area contributed by atoms with Crippen molar-refractivity contribution in [2.24, 2.45) is 0 Å². The highest BCUT2D eigenvalue weighted by Crippen LogP contribution is 2.24. The van der Waals surface area contributed by atoms with Gasteiger partial charge in [-0.15, -0.1) is 0 Å². The van der Waals surface area contributed by atoms with Crippen LogP contribution in [0.1, 0.15) is 13.8 Å². The average molecular weight is 291 g/mol. The molecular weight excluding hydrogens is 266 g/mol. The molecule has 2 rings (SSSR count). The second kappa shape index (κ2) is 7.31. The van der Waals surface area contributed by atoms with Crippen LogP contribution >= 0.6 is 0 Å². The maximum atomic E-state index is 12.1. The highest BCUT2D eigenvalue weighted by molar-refractivity contribution is 5.74. The van der Waals surface area contributed by atoms with Gasteiger partial charge in [0.05, 0.1) is 6.61 Å². The Balaban J connectivity index is 1.97. The summed E-state index contributed by atoms with van der Waals surface area (Å²) in [5, 5.41) is 2.89. The fraction of sp³-hybridized carbons (Fsp3) is 0.562. The van der Waals surface area contributed by atoms with Crippen LogP contribution < -0.4 is 10.2 Å². The summed E-state index contributed by atoms with van der Waals surface area (Å²) in [6, 6.07) is 11.0. The molecule has 1 aromatic rings. The number of carbonyl (C=O) groups excluding carboxylic acids is 1. The normalized spacial score (nSPS) is 22.2. The maximum absolute atomic E-state index is 12.1. The minimum Gasteiger partial charge on any atom is -0.383 e. The SMILES string of the molecule is COCCNC(=O)N1CC(C)N(c2ccccc2)C(C)C1. The first-order valence-corrected chi connectivity index (χ1v) is 7.48. The summed E-state index contributed by atoms with van der Waals surface area (Å²) >= 11 is 0. The maximum Gasteiger partial charge on any atom is 0.317 e. The number of ether oxygens (including phenoxy) is 1. The zero-order valence-electron chi connectivity index (χ0n) is 13.1. The van der Waals surface area contributed by atoms with E-state index in [4.69, 9.17) is 4.74 Å². The molecule has 1 aromatic carbocycles. The Labute approximate surface area is 126 Å². The van der Waals surface area contributed by atoms with Gasteiger partial charge in [-0.1, -0.05) is 18.2 Å². The summed E-state index contributed by atoms with van der Waals surface area (Å²) in [5.74, 6) is 0. The van der Waals surface area contributed by atoms with Gasteiger partial charge in [0.25, 0.3) is 0 Å². The summed E-state index contributed by atoms with van der Waals surface area (Å²) in [6.45, 7) is 6.89. The number of methoxy groups -OCH3 is 1. The van der Waals surface area contributed by atoms with Crippen molar-refractivity contribution in [2.75, 3.05) is 38.3 Å². The molecule has 5 nitrogen and oxygen atoms in total. The van der Waals surface area contributed by atoms with Crippen molar-refractivity contribution < 1.29 is 9.53 Å². The van der Waals surface area contributed by atoms with Gasteiger partial charge in [0, 0.05) is 44.5 Å². The van der Waals surface area contributed by atoms with Gasteiger partial charge in [-0.3, -0.25) is 0 Å². The van der Waals surface area contributed by atoms with Gasteiger partial charge in [-0.05, 0) is 26.0 Å². The summed E-state index contributed by atoms with van der Waals surface area (Å²) in [4.78, 5) is 16.4. The van der Waals surface area contributed by atoms with E-state index in [9.17, 15) is 4.79 Å². The molecule has 0 bridgehead atoms. The minimum absolute atomic E-state index is 0.00142. The molecule has 1 aliphatic heterocycles. The quantitative estimate of drug-likeness (QED) is 0.862. The number of carbonyl (C=O) groups is 1. The largest absolute Gasteiger partial charge is 0.383 e. The molecule has 0 aromatic heterocycles. The smallest absolute Gasteiger partial charge is 0.317 e. The number of hydrogen-bond donors (Lipinski definition) is 1. The molecule has 1 fully saturated rings. The molecule has 0 aliphatic carbocycles. The third-order valence-electron chi connectivity index (χ3n) is 3.84. The number of hydrogen-bond acceptors (Lipinski definition) is 3. The Kier molecular flexibility index (Phi) is 5.44.